The summed E-state index contributed by atoms with van der Waals surface area (Å²) in [4.78, 5) is 19.7. The van der Waals surface area contributed by atoms with Crippen molar-refractivity contribution in [3.63, 3.8) is 0 Å². The molecule has 26 heavy (non-hydrogen) atoms. The molecule has 0 aromatic heterocycles. The summed E-state index contributed by atoms with van der Waals surface area (Å²) in [7, 11) is 1.66. The summed E-state index contributed by atoms with van der Waals surface area (Å²) in [6.07, 6.45) is 4.27. The molecule has 2 aromatic rings. The molecule has 0 fully saturated rings. The third-order valence-electron chi connectivity index (χ3n) is 4.72. The van der Waals surface area contributed by atoms with Crippen molar-refractivity contribution >= 4 is 17.3 Å². The number of carbonyl (C=O) groups is 1. The van der Waals surface area contributed by atoms with Crippen LogP contribution in [0.2, 0.25) is 0 Å². The number of benzene rings is 2. The van der Waals surface area contributed by atoms with Crippen LogP contribution >= 0.6 is 0 Å². The molecule has 0 saturated carbocycles. The number of nitrogens with zero attached hydrogens (tertiary/aromatic N) is 2. The first-order valence-electron chi connectivity index (χ1n) is 9.23. The van der Waals surface area contributed by atoms with Crippen molar-refractivity contribution in [3.8, 4) is 5.75 Å². The number of methoxy groups -OCH3 is 1. The van der Waals surface area contributed by atoms with Crippen LogP contribution in [-0.4, -0.2) is 31.8 Å². The monoisotopic (exact) mass is 350 g/mol. The zero-order chi connectivity index (χ0) is 18.4. The van der Waals surface area contributed by atoms with Crippen LogP contribution < -0.4 is 9.64 Å². The van der Waals surface area contributed by atoms with Crippen LogP contribution in [0.25, 0.3) is 0 Å². The van der Waals surface area contributed by atoms with Gasteiger partial charge in [-0.05, 0) is 31.9 Å². The Morgan fingerprint density at radius 2 is 1.85 bits per heavy atom. The van der Waals surface area contributed by atoms with Gasteiger partial charge in [-0.2, -0.15) is 0 Å². The molecule has 0 saturated heterocycles. The molecule has 0 radical (unpaired) electrons. The number of ether oxygens (including phenoxy) is 1. The Hall–Kier alpha value is -2.62. The Balaban J connectivity index is 1.93. The maximum atomic E-state index is 12.9. The Bertz CT molecular complexity index is 781. The van der Waals surface area contributed by atoms with Gasteiger partial charge in [-0.15, -0.1) is 0 Å². The molecular weight excluding hydrogens is 324 g/mol. The van der Waals surface area contributed by atoms with Gasteiger partial charge in [0.25, 0.3) is 0 Å². The van der Waals surface area contributed by atoms with Crippen molar-refractivity contribution in [2.75, 3.05) is 25.1 Å². The number of rotatable bonds is 5. The first-order chi connectivity index (χ1) is 12.7. The number of hydrogen-bond acceptors (Lipinski definition) is 4. The van der Waals surface area contributed by atoms with E-state index in [1.807, 2.05) is 60.4 Å². The number of aryl methyl sites for hydroxylation is 1. The van der Waals surface area contributed by atoms with Gasteiger partial charge in [0.05, 0.1) is 19.3 Å². The van der Waals surface area contributed by atoms with Crippen molar-refractivity contribution < 1.29 is 9.53 Å². The first-order valence-corrected chi connectivity index (χ1v) is 9.23. The van der Waals surface area contributed by atoms with Crippen molar-refractivity contribution in [2.45, 2.75) is 32.6 Å². The van der Waals surface area contributed by atoms with Crippen LogP contribution in [0.5, 0.6) is 5.75 Å². The summed E-state index contributed by atoms with van der Waals surface area (Å²) in [6.45, 7) is 3.11. The number of hydrogen-bond donors (Lipinski definition) is 0. The second-order valence-electron chi connectivity index (χ2n) is 6.66. The number of amidine groups is 1. The highest BCUT2D eigenvalue weighted by Crippen LogP contribution is 2.29. The highest BCUT2D eigenvalue weighted by atomic mass is 16.5. The summed E-state index contributed by atoms with van der Waals surface area (Å²) in [6, 6.07) is 15.6. The fourth-order valence-electron chi connectivity index (χ4n) is 3.22. The Morgan fingerprint density at radius 3 is 2.62 bits per heavy atom. The van der Waals surface area contributed by atoms with E-state index < -0.39 is 0 Å². The lowest BCUT2D eigenvalue weighted by Crippen LogP contribution is -2.36. The lowest BCUT2D eigenvalue weighted by molar-refractivity contribution is 0.100. The second-order valence-corrected chi connectivity index (χ2v) is 6.66. The fraction of sp³-hybridized carbons (Fsp3) is 0.364. The Morgan fingerprint density at radius 1 is 1.08 bits per heavy atom. The number of ketones is 1. The van der Waals surface area contributed by atoms with E-state index in [-0.39, 0.29) is 12.3 Å². The van der Waals surface area contributed by atoms with Gasteiger partial charge in [0, 0.05) is 18.5 Å². The fourth-order valence-corrected chi connectivity index (χ4v) is 3.22. The summed E-state index contributed by atoms with van der Waals surface area (Å²) < 4.78 is 5.54. The molecule has 136 valence electrons. The van der Waals surface area contributed by atoms with Gasteiger partial charge in [-0.3, -0.25) is 9.79 Å². The van der Waals surface area contributed by atoms with Crippen LogP contribution in [0.1, 0.15) is 41.6 Å². The molecule has 0 N–H and O–H groups in total. The summed E-state index contributed by atoms with van der Waals surface area (Å²) in [5.74, 6) is 1.83. The van der Waals surface area contributed by atoms with Gasteiger partial charge in [0.15, 0.2) is 5.78 Å². The third-order valence-corrected chi connectivity index (χ3v) is 4.72. The molecule has 1 aliphatic rings. The molecule has 4 heteroatoms. The van der Waals surface area contributed by atoms with E-state index in [1.165, 1.54) is 6.42 Å². The molecule has 3 rings (SSSR count). The second kappa shape index (κ2) is 8.65. The number of carbonyl (C=O) groups excluding carboxylic acids is 1. The van der Waals surface area contributed by atoms with Crippen LogP contribution in [0.15, 0.2) is 53.5 Å². The smallest absolute Gasteiger partial charge is 0.182 e. The summed E-state index contributed by atoms with van der Waals surface area (Å²) >= 11 is 0. The molecular formula is C22H26N2O2. The predicted molar refractivity (Wildman–Crippen MR) is 107 cm³/mol. The van der Waals surface area contributed by atoms with Gasteiger partial charge in [-0.1, -0.05) is 48.4 Å². The van der Waals surface area contributed by atoms with Gasteiger partial charge in [0.1, 0.15) is 11.6 Å². The van der Waals surface area contributed by atoms with E-state index in [0.29, 0.717) is 0 Å². The zero-order valence-electron chi connectivity index (χ0n) is 15.6. The molecule has 1 aliphatic heterocycles. The molecule has 0 bridgehead atoms. The molecule has 0 atom stereocenters. The number of aliphatic imine (C=N–C) groups is 1. The van der Waals surface area contributed by atoms with Crippen molar-refractivity contribution in [3.05, 3.63) is 59.7 Å². The minimum absolute atomic E-state index is 0.0860. The average molecular weight is 350 g/mol. The van der Waals surface area contributed by atoms with E-state index in [2.05, 4.69) is 0 Å². The van der Waals surface area contributed by atoms with Gasteiger partial charge >= 0.3 is 0 Å². The molecule has 0 amide bonds. The van der Waals surface area contributed by atoms with E-state index in [9.17, 15) is 4.79 Å². The van der Waals surface area contributed by atoms with Crippen LogP contribution in [0, 0.1) is 6.92 Å². The SMILES string of the molecule is COc1ccccc1N(CC(=O)c1ccc(C)cc1)C1=NCCCCC1. The van der Waals surface area contributed by atoms with Crippen molar-refractivity contribution in [2.24, 2.45) is 4.99 Å². The lowest BCUT2D eigenvalue weighted by Gasteiger charge is -2.27. The molecule has 4 nitrogen and oxygen atoms in total. The van der Waals surface area contributed by atoms with Gasteiger partial charge in [0.2, 0.25) is 0 Å². The third kappa shape index (κ3) is 4.31. The highest BCUT2D eigenvalue weighted by molar-refractivity contribution is 6.07. The quantitative estimate of drug-likeness (QED) is 0.736. The maximum absolute atomic E-state index is 12.9. The molecule has 0 unspecified atom stereocenters. The molecule has 2 aromatic carbocycles. The van der Waals surface area contributed by atoms with E-state index in [4.69, 9.17) is 9.73 Å². The summed E-state index contributed by atoms with van der Waals surface area (Å²) in [5, 5.41) is 0. The molecule has 1 heterocycles. The number of para-hydroxylation sites is 2. The van der Waals surface area contributed by atoms with Crippen LogP contribution in [0.4, 0.5) is 5.69 Å². The average Bonchev–Trinajstić information content (AvgIpc) is 2.96. The predicted octanol–water partition coefficient (Wildman–Crippen LogP) is 4.67. The largest absolute Gasteiger partial charge is 0.495 e. The van der Waals surface area contributed by atoms with Crippen LogP contribution in [0.3, 0.4) is 0 Å². The molecule has 0 aliphatic carbocycles. The zero-order valence-corrected chi connectivity index (χ0v) is 15.6. The first kappa shape index (κ1) is 18.2. The normalized spacial score (nSPS) is 14.3. The van der Waals surface area contributed by atoms with E-state index in [0.717, 1.165) is 54.2 Å². The van der Waals surface area contributed by atoms with E-state index >= 15 is 0 Å². The Kier molecular flexibility index (Phi) is 6.05. The Labute approximate surface area is 155 Å². The highest BCUT2D eigenvalue weighted by Gasteiger charge is 2.22. The number of anilines is 1. The van der Waals surface area contributed by atoms with Gasteiger partial charge < -0.3 is 9.64 Å². The number of Topliss-reactive ketones (excluding diaryl/α,β-unsaturated/α-hetero) is 1. The summed E-state index contributed by atoms with van der Waals surface area (Å²) in [5.41, 5.74) is 2.78. The minimum Gasteiger partial charge on any atom is -0.495 e. The standard InChI is InChI=1S/C22H26N2O2/c1-17-11-13-18(14-12-17)20(25)16-24(22-10-4-3-7-15-23-22)19-8-5-6-9-21(19)26-2/h5-6,8-9,11-14H,3-4,7,10,15-16H2,1-2H3. The topological polar surface area (TPSA) is 41.9 Å². The van der Waals surface area contributed by atoms with Crippen molar-refractivity contribution in [1.82, 2.24) is 0 Å². The lowest BCUT2D eigenvalue weighted by atomic mass is 10.1. The minimum atomic E-state index is 0.0860. The van der Waals surface area contributed by atoms with E-state index in [1.54, 1.807) is 7.11 Å². The van der Waals surface area contributed by atoms with Crippen LogP contribution in [-0.2, 0) is 0 Å². The van der Waals surface area contributed by atoms with Crippen molar-refractivity contribution in [1.29, 1.82) is 0 Å². The van der Waals surface area contributed by atoms with Gasteiger partial charge in [-0.25, -0.2) is 0 Å². The molecule has 0 spiro atoms. The maximum Gasteiger partial charge on any atom is 0.182 e.